The second-order valence-corrected chi connectivity index (χ2v) is 6.16. The third-order valence-corrected chi connectivity index (χ3v) is 4.20. The molecule has 0 bridgehead atoms. The molecule has 0 aliphatic rings. The number of carboxylic acid groups (broad SMARTS) is 1. The van der Waals surface area contributed by atoms with Crippen molar-refractivity contribution < 1.29 is 28.6 Å². The van der Waals surface area contributed by atoms with E-state index in [4.69, 9.17) is 9.47 Å². The SMILES string of the molecule is COc1ccc(C(CC(=O)O)NC(=O)c2cc(C)c(F)c(C)c2)c(OC)c1. The van der Waals surface area contributed by atoms with Crippen LogP contribution in [0.3, 0.4) is 0 Å². The van der Waals surface area contributed by atoms with Crippen molar-refractivity contribution in [2.24, 2.45) is 0 Å². The van der Waals surface area contributed by atoms with Gasteiger partial charge in [0.2, 0.25) is 0 Å². The Balaban J connectivity index is 2.38. The number of nitrogens with one attached hydrogen (secondary N) is 1. The molecule has 144 valence electrons. The summed E-state index contributed by atoms with van der Waals surface area (Å²) < 4.78 is 24.3. The van der Waals surface area contributed by atoms with E-state index >= 15 is 0 Å². The van der Waals surface area contributed by atoms with E-state index in [1.807, 2.05) is 0 Å². The molecule has 1 atom stereocenters. The Hall–Kier alpha value is -3.09. The van der Waals surface area contributed by atoms with Crippen molar-refractivity contribution in [3.05, 3.63) is 58.4 Å². The van der Waals surface area contributed by atoms with Crippen molar-refractivity contribution in [2.45, 2.75) is 26.3 Å². The summed E-state index contributed by atoms with van der Waals surface area (Å²) in [4.78, 5) is 24.0. The monoisotopic (exact) mass is 375 g/mol. The van der Waals surface area contributed by atoms with Gasteiger partial charge in [-0.1, -0.05) is 0 Å². The molecule has 0 aromatic heterocycles. The average molecular weight is 375 g/mol. The van der Waals surface area contributed by atoms with Crippen LogP contribution in [0.15, 0.2) is 30.3 Å². The molecule has 0 aliphatic carbocycles. The molecule has 2 aromatic rings. The molecule has 0 spiro atoms. The van der Waals surface area contributed by atoms with Gasteiger partial charge in [-0.3, -0.25) is 9.59 Å². The number of hydrogen-bond acceptors (Lipinski definition) is 4. The maximum Gasteiger partial charge on any atom is 0.305 e. The molecule has 0 heterocycles. The van der Waals surface area contributed by atoms with Gasteiger partial charge in [0.1, 0.15) is 17.3 Å². The normalized spacial score (nSPS) is 11.6. The molecule has 0 saturated heterocycles. The van der Waals surface area contributed by atoms with Gasteiger partial charge in [0.05, 0.1) is 26.7 Å². The maximum atomic E-state index is 13.8. The zero-order valence-corrected chi connectivity index (χ0v) is 15.6. The van der Waals surface area contributed by atoms with Gasteiger partial charge >= 0.3 is 5.97 Å². The third kappa shape index (κ3) is 4.75. The molecule has 7 heteroatoms. The predicted octanol–water partition coefficient (Wildman–Crippen LogP) is 3.41. The van der Waals surface area contributed by atoms with E-state index in [-0.39, 0.29) is 17.8 Å². The molecule has 2 rings (SSSR count). The number of carbonyl (C=O) groups excluding carboxylic acids is 1. The lowest BCUT2D eigenvalue weighted by molar-refractivity contribution is -0.137. The minimum absolute atomic E-state index is 0.259. The summed E-state index contributed by atoms with van der Waals surface area (Å²) >= 11 is 0. The molecule has 2 aromatic carbocycles. The highest BCUT2D eigenvalue weighted by Gasteiger charge is 2.23. The highest BCUT2D eigenvalue weighted by Crippen LogP contribution is 2.31. The Bertz CT molecular complexity index is 842. The van der Waals surface area contributed by atoms with Gasteiger partial charge in [-0.25, -0.2) is 4.39 Å². The largest absolute Gasteiger partial charge is 0.497 e. The van der Waals surface area contributed by atoms with E-state index < -0.39 is 17.9 Å². The minimum atomic E-state index is -1.08. The number of hydrogen-bond donors (Lipinski definition) is 2. The molecular formula is C20H22FNO5. The van der Waals surface area contributed by atoms with Crippen molar-refractivity contribution >= 4 is 11.9 Å². The van der Waals surface area contributed by atoms with E-state index in [9.17, 15) is 19.1 Å². The Labute approximate surface area is 156 Å². The number of halogens is 1. The average Bonchev–Trinajstić information content (AvgIpc) is 2.64. The van der Waals surface area contributed by atoms with E-state index in [2.05, 4.69) is 5.32 Å². The fraction of sp³-hybridized carbons (Fsp3) is 0.300. The van der Waals surface area contributed by atoms with E-state index in [0.29, 0.717) is 28.2 Å². The number of ether oxygens (including phenoxy) is 2. The first-order valence-electron chi connectivity index (χ1n) is 8.28. The topological polar surface area (TPSA) is 84.9 Å². The van der Waals surface area contributed by atoms with Crippen LogP contribution in [-0.2, 0) is 4.79 Å². The Kier molecular flexibility index (Phi) is 6.39. The smallest absolute Gasteiger partial charge is 0.305 e. The van der Waals surface area contributed by atoms with Crippen molar-refractivity contribution in [3.63, 3.8) is 0 Å². The lowest BCUT2D eigenvalue weighted by Gasteiger charge is -2.21. The number of methoxy groups -OCH3 is 2. The molecule has 27 heavy (non-hydrogen) atoms. The van der Waals surface area contributed by atoms with Crippen LogP contribution < -0.4 is 14.8 Å². The third-order valence-electron chi connectivity index (χ3n) is 4.20. The second kappa shape index (κ2) is 8.53. The van der Waals surface area contributed by atoms with Crippen LogP contribution in [0.5, 0.6) is 11.5 Å². The van der Waals surface area contributed by atoms with E-state index in [1.54, 1.807) is 32.0 Å². The van der Waals surface area contributed by atoms with Crippen molar-refractivity contribution in [2.75, 3.05) is 14.2 Å². The number of carboxylic acids is 1. The maximum absolute atomic E-state index is 13.8. The van der Waals surface area contributed by atoms with E-state index in [0.717, 1.165) is 0 Å². The highest BCUT2D eigenvalue weighted by atomic mass is 19.1. The summed E-state index contributed by atoms with van der Waals surface area (Å²) in [5.41, 5.74) is 1.45. The number of aryl methyl sites for hydroxylation is 2. The Morgan fingerprint density at radius 2 is 1.74 bits per heavy atom. The fourth-order valence-electron chi connectivity index (χ4n) is 2.84. The molecule has 0 saturated carbocycles. The molecule has 0 aliphatic heterocycles. The fourth-order valence-corrected chi connectivity index (χ4v) is 2.84. The molecule has 2 N–H and O–H groups in total. The standard InChI is InChI=1S/C20H22FNO5/c1-11-7-13(8-12(2)19(11)21)20(25)22-16(10-18(23)24)15-6-5-14(26-3)9-17(15)27-4/h5-9,16H,10H2,1-4H3,(H,22,25)(H,23,24). The molecule has 0 fully saturated rings. The number of benzene rings is 2. The minimum Gasteiger partial charge on any atom is -0.497 e. The lowest BCUT2D eigenvalue weighted by Crippen LogP contribution is -2.30. The van der Waals surface area contributed by atoms with Gasteiger partial charge in [0, 0.05) is 17.2 Å². The number of amides is 1. The summed E-state index contributed by atoms with van der Waals surface area (Å²) in [6, 6.07) is 6.95. The van der Waals surface area contributed by atoms with Gasteiger partial charge in [0.15, 0.2) is 0 Å². The quantitative estimate of drug-likeness (QED) is 0.775. The van der Waals surface area contributed by atoms with Crippen LogP contribution in [0.2, 0.25) is 0 Å². The molecule has 1 amide bonds. The summed E-state index contributed by atoms with van der Waals surface area (Å²) in [7, 11) is 2.95. The zero-order valence-electron chi connectivity index (χ0n) is 15.6. The van der Waals surface area contributed by atoms with Crippen LogP contribution in [0, 0.1) is 19.7 Å². The van der Waals surface area contributed by atoms with E-state index in [1.165, 1.54) is 26.4 Å². The van der Waals surface area contributed by atoms with Crippen LogP contribution in [0.25, 0.3) is 0 Å². The Morgan fingerprint density at radius 1 is 1.11 bits per heavy atom. The lowest BCUT2D eigenvalue weighted by atomic mass is 10.0. The van der Waals surface area contributed by atoms with Gasteiger partial charge in [-0.15, -0.1) is 0 Å². The van der Waals surface area contributed by atoms with Crippen LogP contribution in [0.4, 0.5) is 4.39 Å². The van der Waals surface area contributed by atoms with Crippen LogP contribution in [-0.4, -0.2) is 31.2 Å². The number of aliphatic carboxylic acids is 1. The first-order chi connectivity index (χ1) is 12.8. The van der Waals surface area contributed by atoms with Crippen molar-refractivity contribution in [1.29, 1.82) is 0 Å². The Morgan fingerprint density at radius 3 is 2.26 bits per heavy atom. The molecule has 1 unspecified atom stereocenters. The first-order valence-corrected chi connectivity index (χ1v) is 8.28. The van der Waals surface area contributed by atoms with Gasteiger partial charge in [-0.2, -0.15) is 0 Å². The summed E-state index contributed by atoms with van der Waals surface area (Å²) in [6.07, 6.45) is -0.340. The van der Waals surface area contributed by atoms with Gasteiger partial charge in [-0.05, 0) is 49.2 Å². The number of rotatable bonds is 7. The van der Waals surface area contributed by atoms with Crippen LogP contribution >= 0.6 is 0 Å². The molecule has 6 nitrogen and oxygen atoms in total. The summed E-state index contributed by atoms with van der Waals surface area (Å²) in [5.74, 6) is -1.01. The predicted molar refractivity (Wildman–Crippen MR) is 97.9 cm³/mol. The second-order valence-electron chi connectivity index (χ2n) is 6.16. The summed E-state index contributed by atoms with van der Waals surface area (Å²) in [6.45, 7) is 3.14. The first kappa shape index (κ1) is 20.2. The van der Waals surface area contributed by atoms with Gasteiger partial charge in [0.25, 0.3) is 5.91 Å². The molecular weight excluding hydrogens is 353 g/mol. The van der Waals surface area contributed by atoms with Gasteiger partial charge < -0.3 is 19.9 Å². The van der Waals surface area contributed by atoms with Crippen LogP contribution in [0.1, 0.15) is 39.5 Å². The van der Waals surface area contributed by atoms with Crippen molar-refractivity contribution in [1.82, 2.24) is 5.32 Å². The summed E-state index contributed by atoms with van der Waals surface area (Å²) in [5, 5.41) is 12.0. The zero-order chi connectivity index (χ0) is 20.1. The number of carbonyl (C=O) groups is 2. The van der Waals surface area contributed by atoms with Crippen molar-refractivity contribution in [3.8, 4) is 11.5 Å². The molecule has 0 radical (unpaired) electrons. The highest BCUT2D eigenvalue weighted by molar-refractivity contribution is 5.95.